The van der Waals surface area contributed by atoms with Crippen LogP contribution in [0.15, 0.2) is 0 Å². The van der Waals surface area contributed by atoms with Crippen LogP contribution in [0.5, 0.6) is 0 Å². The van der Waals surface area contributed by atoms with Crippen LogP contribution in [0.3, 0.4) is 0 Å². The lowest BCUT2D eigenvalue weighted by molar-refractivity contribution is 0.102. The molecule has 1 unspecified atom stereocenters. The van der Waals surface area contributed by atoms with Crippen LogP contribution in [0, 0.1) is 0 Å². The Bertz CT molecular complexity index is 257. The van der Waals surface area contributed by atoms with Gasteiger partial charge in [0, 0.05) is 19.1 Å². The number of piperidine rings is 1. The molecule has 1 heterocycles. The molecule has 0 aromatic carbocycles. The third-order valence-electron chi connectivity index (χ3n) is 2.45. The number of alkyl carbamates (subject to hydrolysis) is 1. The van der Waals surface area contributed by atoms with Gasteiger partial charge in [0.05, 0.1) is 13.7 Å². The van der Waals surface area contributed by atoms with Gasteiger partial charge in [-0.05, 0) is 19.8 Å². The molecule has 1 fully saturated rings. The number of nitrogens with zero attached hydrogens (tertiary/aromatic N) is 1. The van der Waals surface area contributed by atoms with Crippen molar-refractivity contribution in [1.82, 2.24) is 10.2 Å². The van der Waals surface area contributed by atoms with E-state index in [2.05, 4.69) is 10.1 Å². The summed E-state index contributed by atoms with van der Waals surface area (Å²) in [6.07, 6.45) is 0.924. The van der Waals surface area contributed by atoms with Gasteiger partial charge in [-0.2, -0.15) is 0 Å². The molecule has 1 N–H and O–H groups in total. The average Bonchev–Trinajstić information content (AvgIpc) is 2.28. The van der Waals surface area contributed by atoms with E-state index in [0.29, 0.717) is 19.7 Å². The highest BCUT2D eigenvalue weighted by molar-refractivity contribution is 5.69. The van der Waals surface area contributed by atoms with Crippen molar-refractivity contribution >= 4 is 12.2 Å². The minimum Gasteiger partial charge on any atom is -0.453 e. The first-order chi connectivity index (χ1) is 7.67. The van der Waals surface area contributed by atoms with Gasteiger partial charge in [-0.15, -0.1) is 0 Å². The third-order valence-corrected chi connectivity index (χ3v) is 2.45. The molecule has 0 radical (unpaired) electrons. The van der Waals surface area contributed by atoms with E-state index in [1.807, 2.05) is 0 Å². The first-order valence-electron chi connectivity index (χ1n) is 5.43. The van der Waals surface area contributed by atoms with Crippen LogP contribution >= 0.6 is 0 Å². The molecule has 1 rings (SSSR count). The number of carbonyl (C=O) groups excluding carboxylic acids is 2. The molecular formula is C10H18N2O4. The molecule has 1 aliphatic heterocycles. The van der Waals surface area contributed by atoms with E-state index in [9.17, 15) is 9.59 Å². The molecule has 0 aliphatic carbocycles. The average molecular weight is 230 g/mol. The zero-order chi connectivity index (χ0) is 12.0. The topological polar surface area (TPSA) is 67.9 Å². The first-order valence-corrected chi connectivity index (χ1v) is 5.43. The summed E-state index contributed by atoms with van der Waals surface area (Å²) < 4.78 is 9.42. The lowest BCUT2D eigenvalue weighted by Gasteiger charge is -2.31. The van der Waals surface area contributed by atoms with Gasteiger partial charge in [-0.1, -0.05) is 0 Å². The molecule has 0 aromatic heterocycles. The summed E-state index contributed by atoms with van der Waals surface area (Å²) in [6.45, 7) is 3.25. The van der Waals surface area contributed by atoms with Gasteiger partial charge in [0.2, 0.25) is 0 Å². The Labute approximate surface area is 94.9 Å². The first kappa shape index (κ1) is 12.6. The van der Waals surface area contributed by atoms with Crippen molar-refractivity contribution in [1.29, 1.82) is 0 Å². The number of nitrogens with one attached hydrogen (secondary N) is 1. The van der Waals surface area contributed by atoms with Crippen LogP contribution in [-0.4, -0.2) is 49.9 Å². The highest BCUT2D eigenvalue weighted by Crippen LogP contribution is 2.11. The van der Waals surface area contributed by atoms with Crippen LogP contribution in [-0.2, 0) is 9.47 Å². The summed E-state index contributed by atoms with van der Waals surface area (Å²) in [4.78, 5) is 24.1. The van der Waals surface area contributed by atoms with Gasteiger partial charge < -0.3 is 19.7 Å². The molecule has 6 nitrogen and oxygen atoms in total. The highest BCUT2D eigenvalue weighted by Gasteiger charge is 2.25. The maximum absolute atomic E-state index is 11.3. The minimum atomic E-state index is -0.431. The van der Waals surface area contributed by atoms with Crippen molar-refractivity contribution in [3.63, 3.8) is 0 Å². The van der Waals surface area contributed by atoms with Gasteiger partial charge in [0.25, 0.3) is 0 Å². The molecular weight excluding hydrogens is 212 g/mol. The maximum atomic E-state index is 11.3. The second kappa shape index (κ2) is 6.19. The van der Waals surface area contributed by atoms with E-state index in [1.54, 1.807) is 11.8 Å². The predicted molar refractivity (Wildman–Crippen MR) is 57.2 cm³/mol. The van der Waals surface area contributed by atoms with Crippen LogP contribution in [0.4, 0.5) is 9.59 Å². The van der Waals surface area contributed by atoms with E-state index < -0.39 is 6.09 Å². The van der Waals surface area contributed by atoms with Gasteiger partial charge >= 0.3 is 12.2 Å². The van der Waals surface area contributed by atoms with Crippen molar-refractivity contribution in [3.8, 4) is 0 Å². The lowest BCUT2D eigenvalue weighted by atomic mass is 10.1. The van der Waals surface area contributed by atoms with E-state index in [1.165, 1.54) is 7.11 Å². The molecule has 1 saturated heterocycles. The van der Waals surface area contributed by atoms with Crippen LogP contribution in [0.2, 0.25) is 0 Å². The zero-order valence-electron chi connectivity index (χ0n) is 9.69. The van der Waals surface area contributed by atoms with Crippen molar-refractivity contribution in [2.75, 3.05) is 26.8 Å². The molecule has 6 heteroatoms. The normalized spacial score (nSPS) is 20.1. The molecule has 16 heavy (non-hydrogen) atoms. The number of ether oxygens (including phenoxy) is 2. The lowest BCUT2D eigenvalue weighted by Crippen LogP contribution is -2.49. The fraction of sp³-hybridized carbons (Fsp3) is 0.800. The number of rotatable bonds is 2. The number of methoxy groups -OCH3 is 1. The smallest absolute Gasteiger partial charge is 0.409 e. The zero-order valence-corrected chi connectivity index (χ0v) is 9.69. The molecule has 0 saturated carbocycles. The molecule has 92 valence electrons. The summed E-state index contributed by atoms with van der Waals surface area (Å²) in [5.74, 6) is 0. The van der Waals surface area contributed by atoms with E-state index >= 15 is 0 Å². The number of hydrogen-bond acceptors (Lipinski definition) is 4. The van der Waals surface area contributed by atoms with Crippen LogP contribution < -0.4 is 5.32 Å². The van der Waals surface area contributed by atoms with Gasteiger partial charge in [-0.3, -0.25) is 0 Å². The third kappa shape index (κ3) is 3.60. The molecule has 0 spiro atoms. The Kier molecular flexibility index (Phi) is 4.88. The Morgan fingerprint density at radius 1 is 1.50 bits per heavy atom. The van der Waals surface area contributed by atoms with Crippen molar-refractivity contribution in [2.45, 2.75) is 25.8 Å². The second-order valence-corrected chi connectivity index (χ2v) is 3.62. The molecule has 0 bridgehead atoms. The standard InChI is InChI=1S/C10H18N2O4/c1-3-16-9(13)11-8-5-4-6-12(7-8)10(14)15-2/h8H,3-7H2,1-2H3,(H,11,13). The SMILES string of the molecule is CCOC(=O)NC1CCCN(C(=O)OC)C1. The predicted octanol–water partition coefficient (Wildman–Crippen LogP) is 0.963. The quantitative estimate of drug-likeness (QED) is 0.767. The largest absolute Gasteiger partial charge is 0.453 e. The summed E-state index contributed by atoms with van der Waals surface area (Å²) in [5, 5.41) is 2.72. The molecule has 1 aliphatic rings. The van der Waals surface area contributed by atoms with Crippen LogP contribution in [0.25, 0.3) is 0 Å². The minimum absolute atomic E-state index is 0.0492. The maximum Gasteiger partial charge on any atom is 0.409 e. The second-order valence-electron chi connectivity index (χ2n) is 3.62. The Morgan fingerprint density at radius 3 is 2.88 bits per heavy atom. The van der Waals surface area contributed by atoms with E-state index in [0.717, 1.165) is 12.8 Å². The number of likely N-dealkylation sites (tertiary alicyclic amines) is 1. The fourth-order valence-electron chi connectivity index (χ4n) is 1.73. The summed E-state index contributed by atoms with van der Waals surface area (Å²) >= 11 is 0. The highest BCUT2D eigenvalue weighted by atomic mass is 16.5. The molecule has 1 atom stereocenters. The summed E-state index contributed by atoms with van der Waals surface area (Å²) in [5.41, 5.74) is 0. The van der Waals surface area contributed by atoms with Crippen molar-refractivity contribution in [2.24, 2.45) is 0 Å². The van der Waals surface area contributed by atoms with Gasteiger partial charge in [0.15, 0.2) is 0 Å². The molecule has 0 aromatic rings. The van der Waals surface area contributed by atoms with Crippen molar-refractivity contribution < 1.29 is 19.1 Å². The number of hydrogen-bond donors (Lipinski definition) is 1. The van der Waals surface area contributed by atoms with E-state index in [-0.39, 0.29) is 12.1 Å². The van der Waals surface area contributed by atoms with Gasteiger partial charge in [-0.25, -0.2) is 9.59 Å². The summed E-state index contributed by atoms with van der Waals surface area (Å²) in [7, 11) is 1.35. The number of carbonyl (C=O) groups is 2. The Balaban J connectivity index is 2.38. The van der Waals surface area contributed by atoms with E-state index in [4.69, 9.17) is 4.74 Å². The summed E-state index contributed by atoms with van der Waals surface area (Å²) in [6, 6.07) is -0.0492. The van der Waals surface area contributed by atoms with Crippen LogP contribution in [0.1, 0.15) is 19.8 Å². The van der Waals surface area contributed by atoms with Crippen molar-refractivity contribution in [3.05, 3.63) is 0 Å². The number of amides is 2. The monoisotopic (exact) mass is 230 g/mol. The Hall–Kier alpha value is -1.46. The Morgan fingerprint density at radius 2 is 2.25 bits per heavy atom. The molecule has 2 amide bonds. The fourth-order valence-corrected chi connectivity index (χ4v) is 1.73. The van der Waals surface area contributed by atoms with Gasteiger partial charge in [0.1, 0.15) is 0 Å².